The average Bonchev–Trinajstić information content (AvgIpc) is 3.09. The van der Waals surface area contributed by atoms with Gasteiger partial charge in [-0.3, -0.25) is 14.3 Å². The van der Waals surface area contributed by atoms with E-state index in [9.17, 15) is 18.0 Å². The molecule has 0 radical (unpaired) electrons. The molecule has 0 bridgehead atoms. The van der Waals surface area contributed by atoms with E-state index in [0.717, 1.165) is 0 Å². The Kier molecular flexibility index (Phi) is 6.69. The van der Waals surface area contributed by atoms with Crippen LogP contribution < -0.4 is 24.8 Å². The van der Waals surface area contributed by atoms with Crippen LogP contribution in [0, 0.1) is 0 Å². The van der Waals surface area contributed by atoms with Crippen LogP contribution in [0.5, 0.6) is 11.5 Å². The van der Waals surface area contributed by atoms with Crippen molar-refractivity contribution >= 4 is 33.2 Å². The maximum absolute atomic E-state index is 12.9. The fourth-order valence-electron chi connectivity index (χ4n) is 3.30. The summed E-state index contributed by atoms with van der Waals surface area (Å²) in [7, 11) is -2.39. The molecule has 34 heavy (non-hydrogen) atoms. The lowest BCUT2D eigenvalue weighted by atomic mass is 10.1. The first-order chi connectivity index (χ1) is 16.4. The number of nitrogens with one attached hydrogen (secondary N) is 3. The van der Waals surface area contributed by atoms with E-state index < -0.39 is 15.9 Å². The standard InChI is InChI=1S/C24H23N3O6S/c1-25-23(28)16-6-8-18(9-7-16)26-24(29)17-4-2-5-19(14-17)27-34(30,31)20-10-11-21-22(15-20)33-13-3-12-32-21/h2,4-11,14-15,27H,3,12-13H2,1H3,(H,25,28)(H,26,29). The topological polar surface area (TPSA) is 123 Å². The molecule has 3 N–H and O–H groups in total. The van der Waals surface area contributed by atoms with Gasteiger partial charge in [0.05, 0.1) is 18.1 Å². The van der Waals surface area contributed by atoms with E-state index in [4.69, 9.17) is 9.47 Å². The molecule has 1 heterocycles. The molecule has 0 aliphatic carbocycles. The molecule has 2 amide bonds. The number of carbonyl (C=O) groups is 2. The lowest BCUT2D eigenvalue weighted by Gasteiger charge is -2.12. The molecule has 0 atom stereocenters. The van der Waals surface area contributed by atoms with Gasteiger partial charge in [0, 0.05) is 42.0 Å². The van der Waals surface area contributed by atoms with Gasteiger partial charge in [0.1, 0.15) is 0 Å². The zero-order valence-corrected chi connectivity index (χ0v) is 19.1. The maximum atomic E-state index is 12.9. The number of sulfonamides is 1. The second-order valence-corrected chi connectivity index (χ2v) is 9.14. The van der Waals surface area contributed by atoms with Crippen LogP contribution in [0.25, 0.3) is 0 Å². The first-order valence-corrected chi connectivity index (χ1v) is 12.0. The third-order valence-corrected chi connectivity index (χ3v) is 6.42. The number of hydrogen-bond donors (Lipinski definition) is 3. The van der Waals surface area contributed by atoms with Crippen molar-refractivity contribution in [3.05, 3.63) is 77.9 Å². The molecular formula is C24H23N3O6S. The molecule has 0 saturated heterocycles. The number of fused-ring (bicyclic) bond motifs is 1. The minimum atomic E-state index is -3.93. The Morgan fingerprint density at radius 2 is 1.53 bits per heavy atom. The van der Waals surface area contributed by atoms with Gasteiger partial charge in [0.2, 0.25) is 0 Å². The van der Waals surface area contributed by atoms with E-state index in [1.165, 1.54) is 25.2 Å². The van der Waals surface area contributed by atoms with Crippen LogP contribution in [0.3, 0.4) is 0 Å². The zero-order chi connectivity index (χ0) is 24.1. The molecular weight excluding hydrogens is 458 g/mol. The summed E-state index contributed by atoms with van der Waals surface area (Å²) in [6.07, 6.45) is 0.710. The average molecular weight is 482 g/mol. The van der Waals surface area contributed by atoms with Crippen molar-refractivity contribution in [1.29, 1.82) is 0 Å². The predicted molar refractivity (Wildman–Crippen MR) is 127 cm³/mol. The van der Waals surface area contributed by atoms with Crippen LogP contribution in [-0.2, 0) is 10.0 Å². The second kappa shape index (κ2) is 9.84. The van der Waals surface area contributed by atoms with Crippen LogP contribution in [-0.4, -0.2) is 40.5 Å². The molecule has 4 rings (SSSR count). The summed E-state index contributed by atoms with van der Waals surface area (Å²) < 4.78 is 39.4. The van der Waals surface area contributed by atoms with Gasteiger partial charge >= 0.3 is 0 Å². The van der Waals surface area contributed by atoms with Crippen LogP contribution in [0.1, 0.15) is 27.1 Å². The smallest absolute Gasteiger partial charge is 0.262 e. The van der Waals surface area contributed by atoms with E-state index in [1.807, 2.05) is 0 Å². The molecule has 3 aromatic carbocycles. The third-order valence-electron chi connectivity index (χ3n) is 5.04. The van der Waals surface area contributed by atoms with Gasteiger partial charge in [0.25, 0.3) is 21.8 Å². The molecule has 0 unspecified atom stereocenters. The van der Waals surface area contributed by atoms with E-state index in [1.54, 1.807) is 48.5 Å². The fourth-order valence-corrected chi connectivity index (χ4v) is 4.37. The van der Waals surface area contributed by atoms with Crippen molar-refractivity contribution in [2.24, 2.45) is 0 Å². The first kappa shape index (κ1) is 23.1. The van der Waals surface area contributed by atoms with Crippen molar-refractivity contribution in [1.82, 2.24) is 5.32 Å². The highest BCUT2D eigenvalue weighted by Gasteiger charge is 2.19. The largest absolute Gasteiger partial charge is 0.490 e. The molecule has 1 aliphatic heterocycles. The normalized spacial score (nSPS) is 12.9. The minimum absolute atomic E-state index is 0.0165. The Morgan fingerprint density at radius 3 is 2.26 bits per heavy atom. The number of rotatable bonds is 6. The summed E-state index contributed by atoms with van der Waals surface area (Å²) in [4.78, 5) is 24.3. The van der Waals surface area contributed by atoms with Crippen LogP contribution >= 0.6 is 0 Å². The summed E-state index contributed by atoms with van der Waals surface area (Å²) in [5.41, 5.74) is 1.45. The van der Waals surface area contributed by atoms with Gasteiger partial charge in [0.15, 0.2) is 11.5 Å². The molecule has 0 fully saturated rings. The Hall–Kier alpha value is -4.05. The van der Waals surface area contributed by atoms with Crippen molar-refractivity contribution in [2.75, 3.05) is 30.3 Å². The highest BCUT2D eigenvalue weighted by Crippen LogP contribution is 2.32. The maximum Gasteiger partial charge on any atom is 0.262 e. The molecule has 0 saturated carbocycles. The SMILES string of the molecule is CNC(=O)c1ccc(NC(=O)c2cccc(NS(=O)(=O)c3ccc4c(c3)OCCCO4)c2)cc1. The van der Waals surface area contributed by atoms with Crippen LogP contribution in [0.15, 0.2) is 71.6 Å². The molecule has 0 spiro atoms. The minimum Gasteiger partial charge on any atom is -0.490 e. The second-order valence-electron chi connectivity index (χ2n) is 7.46. The number of benzene rings is 3. The Morgan fingerprint density at radius 1 is 0.794 bits per heavy atom. The van der Waals surface area contributed by atoms with Gasteiger partial charge < -0.3 is 20.1 Å². The van der Waals surface area contributed by atoms with Crippen molar-refractivity contribution in [2.45, 2.75) is 11.3 Å². The zero-order valence-electron chi connectivity index (χ0n) is 18.3. The number of hydrogen-bond acceptors (Lipinski definition) is 6. The van der Waals surface area contributed by atoms with Crippen molar-refractivity contribution in [3.8, 4) is 11.5 Å². The summed E-state index contributed by atoms with van der Waals surface area (Å²) >= 11 is 0. The van der Waals surface area contributed by atoms with E-state index >= 15 is 0 Å². The quantitative estimate of drug-likeness (QED) is 0.497. The van der Waals surface area contributed by atoms with Gasteiger partial charge in [-0.1, -0.05) is 6.07 Å². The summed E-state index contributed by atoms with van der Waals surface area (Å²) in [6, 6.07) is 17.0. The lowest BCUT2D eigenvalue weighted by Crippen LogP contribution is -2.18. The highest BCUT2D eigenvalue weighted by molar-refractivity contribution is 7.92. The van der Waals surface area contributed by atoms with E-state index in [-0.39, 0.29) is 22.1 Å². The predicted octanol–water partition coefficient (Wildman–Crippen LogP) is 3.26. The van der Waals surface area contributed by atoms with Crippen LogP contribution in [0.4, 0.5) is 11.4 Å². The van der Waals surface area contributed by atoms with E-state index in [0.29, 0.717) is 42.4 Å². The summed E-state index contributed by atoms with van der Waals surface area (Å²) in [6.45, 7) is 0.944. The number of anilines is 2. The van der Waals surface area contributed by atoms with Gasteiger partial charge in [-0.2, -0.15) is 0 Å². The Balaban J connectivity index is 1.48. The first-order valence-electron chi connectivity index (χ1n) is 10.5. The Labute approximate surface area is 197 Å². The van der Waals surface area contributed by atoms with Gasteiger partial charge in [-0.05, 0) is 54.6 Å². The van der Waals surface area contributed by atoms with Gasteiger partial charge in [-0.15, -0.1) is 0 Å². The molecule has 9 nitrogen and oxygen atoms in total. The molecule has 3 aromatic rings. The summed E-state index contributed by atoms with van der Waals surface area (Å²) in [5, 5.41) is 5.25. The molecule has 1 aliphatic rings. The van der Waals surface area contributed by atoms with Gasteiger partial charge in [-0.25, -0.2) is 8.42 Å². The summed E-state index contributed by atoms with van der Waals surface area (Å²) in [5.74, 6) is 0.213. The number of carbonyl (C=O) groups excluding carboxylic acids is 2. The lowest BCUT2D eigenvalue weighted by molar-refractivity contribution is 0.0962. The number of amides is 2. The molecule has 10 heteroatoms. The molecule has 0 aromatic heterocycles. The van der Waals surface area contributed by atoms with Crippen molar-refractivity contribution < 1.29 is 27.5 Å². The van der Waals surface area contributed by atoms with E-state index in [2.05, 4.69) is 15.4 Å². The Bertz CT molecular complexity index is 1320. The third kappa shape index (κ3) is 5.29. The number of ether oxygens (including phenoxy) is 2. The molecule has 176 valence electrons. The van der Waals surface area contributed by atoms with Crippen LogP contribution in [0.2, 0.25) is 0 Å². The van der Waals surface area contributed by atoms with Crippen molar-refractivity contribution in [3.63, 3.8) is 0 Å². The highest BCUT2D eigenvalue weighted by atomic mass is 32.2. The monoisotopic (exact) mass is 481 g/mol. The fraction of sp³-hybridized carbons (Fsp3) is 0.167.